The molecule has 0 saturated heterocycles. The highest BCUT2D eigenvalue weighted by Gasteiger charge is 2.24. The predicted molar refractivity (Wildman–Crippen MR) is 211 cm³/mol. The molecule has 0 spiro atoms. The van der Waals surface area contributed by atoms with Gasteiger partial charge >= 0.3 is 0 Å². The van der Waals surface area contributed by atoms with Crippen LogP contribution < -0.4 is 0 Å². The molecule has 9 aromatic rings. The van der Waals surface area contributed by atoms with Crippen molar-refractivity contribution < 1.29 is 0 Å². The third kappa shape index (κ3) is 4.19. The summed E-state index contributed by atoms with van der Waals surface area (Å²) in [7, 11) is 0. The Morgan fingerprint density at radius 1 is 0.510 bits per heavy atom. The fourth-order valence-electron chi connectivity index (χ4n) is 8.66. The first-order valence-corrected chi connectivity index (χ1v) is 17.4. The van der Waals surface area contributed by atoms with Crippen molar-refractivity contribution in [3.05, 3.63) is 168 Å². The summed E-state index contributed by atoms with van der Waals surface area (Å²) < 4.78 is 2.59. The molecule has 0 aliphatic heterocycles. The van der Waals surface area contributed by atoms with E-state index < -0.39 is 0 Å². The summed E-state index contributed by atoms with van der Waals surface area (Å²) in [5, 5.41) is 10.3. The van der Waals surface area contributed by atoms with Gasteiger partial charge in [0.2, 0.25) is 0 Å². The molecule has 0 radical (unpaired) electrons. The fraction of sp³-hybridized carbons (Fsp3) is 0.0833. The van der Waals surface area contributed by atoms with Crippen molar-refractivity contribution >= 4 is 60.2 Å². The van der Waals surface area contributed by atoms with E-state index in [9.17, 15) is 0 Å². The van der Waals surface area contributed by atoms with Crippen molar-refractivity contribution in [1.29, 1.82) is 0 Å². The van der Waals surface area contributed by atoms with E-state index in [4.69, 9.17) is 0 Å². The van der Waals surface area contributed by atoms with Crippen LogP contribution in [0.3, 0.4) is 0 Å². The summed E-state index contributed by atoms with van der Waals surface area (Å²) in [6, 6.07) is 54.3. The maximum atomic E-state index is 2.59. The number of aryl methyl sites for hydroxylation is 1. The first-order valence-electron chi connectivity index (χ1n) is 17.4. The molecule has 0 bridgehead atoms. The lowest BCUT2D eigenvalue weighted by Crippen LogP contribution is -2.05. The second kappa shape index (κ2) is 10.8. The molecule has 1 aliphatic rings. The van der Waals surface area contributed by atoms with Crippen LogP contribution in [-0.4, -0.2) is 4.57 Å². The number of hydrogen-bond donors (Lipinski definition) is 0. The molecule has 1 unspecified atom stereocenters. The first kappa shape index (κ1) is 28.1. The van der Waals surface area contributed by atoms with Crippen molar-refractivity contribution in [3.63, 3.8) is 0 Å². The summed E-state index contributed by atoms with van der Waals surface area (Å²) in [4.78, 5) is 0. The molecule has 1 atom stereocenters. The van der Waals surface area contributed by atoms with E-state index in [1.165, 1.54) is 98.8 Å². The van der Waals surface area contributed by atoms with Gasteiger partial charge in [-0.25, -0.2) is 0 Å². The predicted octanol–water partition coefficient (Wildman–Crippen LogP) is 13.4. The van der Waals surface area contributed by atoms with Crippen LogP contribution in [-0.2, 0) is 0 Å². The maximum Gasteiger partial charge on any atom is 0.0619 e. The van der Waals surface area contributed by atoms with Gasteiger partial charge in [0, 0.05) is 21.8 Å². The standard InChI is InChI=1S/C48H35N/c1-30-22-23-32-24-26-41-42-27-25-34-15-10-12-31(2)44(34)48(42)49(47(41)43(32)28-30)36-17-11-16-35(29-36)46-39-20-8-6-18-37(39)45(33-13-4-3-5-14-33)38-19-7-9-21-40(38)46/h3-11,13-29,31H,12H2,1-2H3. The van der Waals surface area contributed by atoms with Gasteiger partial charge in [0.1, 0.15) is 0 Å². The van der Waals surface area contributed by atoms with Crippen LogP contribution in [0.5, 0.6) is 0 Å². The van der Waals surface area contributed by atoms with Crippen molar-refractivity contribution in [2.45, 2.75) is 26.2 Å². The van der Waals surface area contributed by atoms with Gasteiger partial charge in [0.25, 0.3) is 0 Å². The summed E-state index contributed by atoms with van der Waals surface area (Å²) in [6.45, 7) is 4.59. The van der Waals surface area contributed by atoms with Gasteiger partial charge in [-0.15, -0.1) is 0 Å². The Hall–Kier alpha value is -5.92. The van der Waals surface area contributed by atoms with Gasteiger partial charge in [0.05, 0.1) is 11.0 Å². The SMILES string of the molecule is Cc1ccc2ccc3c4ccc5c(c4n(-c4cccc(-c6c7ccccc7c(-c7ccccc7)c7ccccc67)c4)c3c2c1)C(C)CC=C5. The maximum absolute atomic E-state index is 2.59. The molecule has 8 aromatic carbocycles. The van der Waals surface area contributed by atoms with E-state index in [1.54, 1.807) is 0 Å². The Morgan fingerprint density at radius 3 is 1.86 bits per heavy atom. The first-order chi connectivity index (χ1) is 24.2. The van der Waals surface area contributed by atoms with E-state index in [0.717, 1.165) is 6.42 Å². The molecule has 1 heteroatoms. The number of hydrogen-bond acceptors (Lipinski definition) is 0. The second-order valence-corrected chi connectivity index (χ2v) is 13.8. The van der Waals surface area contributed by atoms with Gasteiger partial charge < -0.3 is 4.57 Å². The molecule has 1 aliphatic carbocycles. The van der Waals surface area contributed by atoms with Gasteiger partial charge in [-0.3, -0.25) is 0 Å². The van der Waals surface area contributed by atoms with Crippen molar-refractivity contribution in [2.75, 3.05) is 0 Å². The third-order valence-corrected chi connectivity index (χ3v) is 10.8. The molecular formula is C48H35N. The van der Waals surface area contributed by atoms with Crippen LogP contribution in [0.15, 0.2) is 152 Å². The van der Waals surface area contributed by atoms with Crippen LogP contribution in [0.4, 0.5) is 0 Å². The average molecular weight is 626 g/mol. The molecule has 232 valence electrons. The molecule has 1 nitrogen and oxygen atoms in total. The minimum atomic E-state index is 0.432. The molecule has 1 aromatic heterocycles. The van der Waals surface area contributed by atoms with Crippen molar-refractivity contribution in [2.24, 2.45) is 0 Å². The zero-order valence-corrected chi connectivity index (χ0v) is 27.7. The van der Waals surface area contributed by atoms with Gasteiger partial charge in [-0.2, -0.15) is 0 Å². The number of allylic oxidation sites excluding steroid dienone is 1. The zero-order valence-electron chi connectivity index (χ0n) is 27.7. The number of aromatic nitrogens is 1. The van der Waals surface area contributed by atoms with Crippen LogP contribution in [0, 0.1) is 6.92 Å². The number of nitrogens with zero attached hydrogens (tertiary/aromatic N) is 1. The Bertz CT molecular complexity index is 2760. The van der Waals surface area contributed by atoms with Crippen LogP contribution in [0.25, 0.3) is 88.1 Å². The average Bonchev–Trinajstić information content (AvgIpc) is 3.49. The molecule has 49 heavy (non-hydrogen) atoms. The second-order valence-electron chi connectivity index (χ2n) is 13.8. The van der Waals surface area contributed by atoms with Gasteiger partial charge in [-0.1, -0.05) is 152 Å². The lowest BCUT2D eigenvalue weighted by molar-refractivity contribution is 0.775. The summed E-state index contributed by atoms with van der Waals surface area (Å²) in [5.74, 6) is 0.432. The van der Waals surface area contributed by atoms with Gasteiger partial charge in [0.15, 0.2) is 0 Å². The largest absolute Gasteiger partial charge is 0.308 e. The van der Waals surface area contributed by atoms with Crippen molar-refractivity contribution in [3.8, 4) is 27.9 Å². The Labute approximate surface area is 286 Å². The topological polar surface area (TPSA) is 4.93 Å². The van der Waals surface area contributed by atoms with E-state index >= 15 is 0 Å². The van der Waals surface area contributed by atoms with Crippen LogP contribution in [0.1, 0.15) is 36.0 Å². The molecule has 0 amide bonds. The fourth-order valence-corrected chi connectivity index (χ4v) is 8.66. The number of fused-ring (bicyclic) bond motifs is 9. The molecular weight excluding hydrogens is 591 g/mol. The zero-order chi connectivity index (χ0) is 32.6. The lowest BCUT2D eigenvalue weighted by Gasteiger charge is -2.22. The Morgan fingerprint density at radius 2 is 1.12 bits per heavy atom. The number of benzene rings is 8. The molecule has 0 N–H and O–H groups in total. The minimum Gasteiger partial charge on any atom is -0.308 e. The quantitative estimate of drug-likeness (QED) is 0.172. The summed E-state index contributed by atoms with van der Waals surface area (Å²) in [5.41, 5.74) is 12.9. The highest BCUT2D eigenvalue weighted by atomic mass is 15.0. The van der Waals surface area contributed by atoms with Crippen molar-refractivity contribution in [1.82, 2.24) is 4.57 Å². The Balaban J connectivity index is 1.33. The molecule has 0 fully saturated rings. The van der Waals surface area contributed by atoms with E-state index in [0.29, 0.717) is 5.92 Å². The third-order valence-electron chi connectivity index (χ3n) is 10.8. The smallest absolute Gasteiger partial charge is 0.0619 e. The monoisotopic (exact) mass is 625 g/mol. The highest BCUT2D eigenvalue weighted by Crippen LogP contribution is 2.46. The number of rotatable bonds is 3. The highest BCUT2D eigenvalue weighted by molar-refractivity contribution is 6.22. The minimum absolute atomic E-state index is 0.432. The summed E-state index contributed by atoms with van der Waals surface area (Å²) in [6.07, 6.45) is 5.71. The molecule has 1 heterocycles. The summed E-state index contributed by atoms with van der Waals surface area (Å²) >= 11 is 0. The lowest BCUT2D eigenvalue weighted by atomic mass is 9.86. The van der Waals surface area contributed by atoms with Gasteiger partial charge in [-0.05, 0) is 97.8 Å². The Kier molecular flexibility index (Phi) is 6.20. The van der Waals surface area contributed by atoms with E-state index in [1.807, 2.05) is 0 Å². The molecule has 0 saturated carbocycles. The normalized spacial score (nSPS) is 14.4. The van der Waals surface area contributed by atoms with Crippen LogP contribution >= 0.6 is 0 Å². The van der Waals surface area contributed by atoms with Crippen LogP contribution in [0.2, 0.25) is 0 Å². The molecule has 10 rings (SSSR count). The van der Waals surface area contributed by atoms with E-state index in [-0.39, 0.29) is 0 Å². The van der Waals surface area contributed by atoms with E-state index in [2.05, 4.69) is 176 Å².